The van der Waals surface area contributed by atoms with Gasteiger partial charge in [-0.3, -0.25) is 4.68 Å². The van der Waals surface area contributed by atoms with Gasteiger partial charge in [0.25, 0.3) is 0 Å². The molecule has 2 fully saturated rings. The molecule has 2 aliphatic rings. The summed E-state index contributed by atoms with van der Waals surface area (Å²) < 4.78 is 1.97. The van der Waals surface area contributed by atoms with Crippen LogP contribution >= 0.6 is 0 Å². The van der Waals surface area contributed by atoms with Crippen molar-refractivity contribution in [2.75, 3.05) is 0 Å². The van der Waals surface area contributed by atoms with Gasteiger partial charge in [-0.1, -0.05) is 0 Å². The molecule has 0 radical (unpaired) electrons. The van der Waals surface area contributed by atoms with Gasteiger partial charge >= 0.3 is 0 Å². The highest BCUT2D eigenvalue weighted by Crippen LogP contribution is 2.39. The minimum atomic E-state index is 0.371. The summed E-state index contributed by atoms with van der Waals surface area (Å²) in [6.07, 6.45) is 5.94. The number of rotatable bonds is 2. The average molecular weight is 206 g/mol. The Morgan fingerprint density at radius 1 is 1.20 bits per heavy atom. The van der Waals surface area contributed by atoms with Crippen LogP contribution in [0.1, 0.15) is 55.6 Å². The number of hydrogen-bond donors (Lipinski definition) is 1. The first-order valence-corrected chi connectivity index (χ1v) is 5.90. The summed E-state index contributed by atoms with van der Waals surface area (Å²) in [4.78, 5) is 4.68. The van der Waals surface area contributed by atoms with Crippen molar-refractivity contribution in [3.8, 4) is 0 Å². The molecule has 1 heterocycles. The number of hydrogen-bond acceptors (Lipinski definition) is 3. The standard InChI is InChI=1S/C11H18N4/c1-15-11(8-4-5-9(12)6-8)13-10(14-15)7-2-3-7/h7-9H,2-6,12H2,1H3. The Bertz CT molecular complexity index is 367. The lowest BCUT2D eigenvalue weighted by molar-refractivity contribution is 0.591. The van der Waals surface area contributed by atoms with Gasteiger partial charge < -0.3 is 5.73 Å². The zero-order chi connectivity index (χ0) is 10.4. The van der Waals surface area contributed by atoms with Gasteiger partial charge in [-0.25, -0.2) is 4.98 Å². The van der Waals surface area contributed by atoms with Crippen LogP contribution in [0.15, 0.2) is 0 Å². The molecule has 4 heteroatoms. The smallest absolute Gasteiger partial charge is 0.154 e. The third-order valence-electron chi connectivity index (χ3n) is 3.59. The van der Waals surface area contributed by atoms with E-state index in [2.05, 4.69) is 10.1 Å². The fraction of sp³-hybridized carbons (Fsp3) is 0.818. The van der Waals surface area contributed by atoms with Gasteiger partial charge in [0.1, 0.15) is 5.82 Å². The molecule has 0 amide bonds. The molecule has 2 unspecified atom stereocenters. The highest BCUT2D eigenvalue weighted by atomic mass is 15.3. The van der Waals surface area contributed by atoms with Gasteiger partial charge in [-0.2, -0.15) is 5.10 Å². The van der Waals surface area contributed by atoms with Crippen molar-refractivity contribution in [2.24, 2.45) is 12.8 Å². The molecule has 0 aliphatic heterocycles. The Morgan fingerprint density at radius 3 is 2.53 bits per heavy atom. The average Bonchev–Trinajstić information content (AvgIpc) is 2.86. The Balaban J connectivity index is 1.84. The molecule has 0 bridgehead atoms. The Kier molecular flexibility index (Phi) is 2.06. The van der Waals surface area contributed by atoms with Gasteiger partial charge in [0.15, 0.2) is 5.82 Å². The molecule has 0 saturated heterocycles. The molecular weight excluding hydrogens is 188 g/mol. The molecule has 2 saturated carbocycles. The molecular formula is C11H18N4. The first kappa shape index (κ1) is 9.33. The summed E-state index contributed by atoms with van der Waals surface area (Å²) in [7, 11) is 2.01. The second-order valence-corrected chi connectivity index (χ2v) is 5.00. The van der Waals surface area contributed by atoms with E-state index in [1.807, 2.05) is 11.7 Å². The highest BCUT2D eigenvalue weighted by Gasteiger charge is 2.32. The number of nitrogens with two attached hydrogens (primary N) is 1. The molecule has 2 N–H and O–H groups in total. The van der Waals surface area contributed by atoms with Crippen LogP contribution in [0.2, 0.25) is 0 Å². The first-order chi connectivity index (χ1) is 7.24. The topological polar surface area (TPSA) is 56.7 Å². The Labute approximate surface area is 89.9 Å². The lowest BCUT2D eigenvalue weighted by Gasteiger charge is -2.07. The van der Waals surface area contributed by atoms with E-state index in [1.54, 1.807) is 0 Å². The summed E-state index contributed by atoms with van der Waals surface area (Å²) in [5.41, 5.74) is 5.93. The largest absolute Gasteiger partial charge is 0.328 e. The van der Waals surface area contributed by atoms with Gasteiger partial charge in [0.2, 0.25) is 0 Å². The summed E-state index contributed by atoms with van der Waals surface area (Å²) in [5, 5.41) is 4.51. The molecule has 2 aliphatic carbocycles. The maximum Gasteiger partial charge on any atom is 0.154 e. The fourth-order valence-corrected chi connectivity index (χ4v) is 2.54. The molecule has 1 aromatic rings. The summed E-state index contributed by atoms with van der Waals surface area (Å²) in [5.74, 6) is 3.42. The Hall–Kier alpha value is -0.900. The minimum Gasteiger partial charge on any atom is -0.328 e. The normalized spacial score (nSPS) is 31.1. The van der Waals surface area contributed by atoms with Crippen molar-refractivity contribution in [1.29, 1.82) is 0 Å². The lowest BCUT2D eigenvalue weighted by atomic mass is 10.1. The van der Waals surface area contributed by atoms with E-state index in [0.717, 1.165) is 24.5 Å². The van der Waals surface area contributed by atoms with Gasteiger partial charge in [-0.05, 0) is 32.1 Å². The van der Waals surface area contributed by atoms with Gasteiger partial charge in [0.05, 0.1) is 0 Å². The van der Waals surface area contributed by atoms with Crippen LogP contribution in [0.5, 0.6) is 0 Å². The van der Waals surface area contributed by atoms with Crippen LogP contribution in [-0.4, -0.2) is 20.8 Å². The van der Waals surface area contributed by atoms with E-state index >= 15 is 0 Å². The maximum atomic E-state index is 5.93. The lowest BCUT2D eigenvalue weighted by Crippen LogP contribution is -2.15. The predicted octanol–water partition coefficient (Wildman–Crippen LogP) is 1.29. The monoisotopic (exact) mass is 206 g/mol. The van der Waals surface area contributed by atoms with E-state index in [4.69, 9.17) is 5.73 Å². The molecule has 15 heavy (non-hydrogen) atoms. The number of aromatic nitrogens is 3. The van der Waals surface area contributed by atoms with Crippen molar-refractivity contribution in [3.05, 3.63) is 11.6 Å². The van der Waals surface area contributed by atoms with E-state index in [9.17, 15) is 0 Å². The van der Waals surface area contributed by atoms with Crippen molar-refractivity contribution >= 4 is 0 Å². The van der Waals surface area contributed by atoms with E-state index < -0.39 is 0 Å². The van der Waals surface area contributed by atoms with Crippen LogP contribution in [0.25, 0.3) is 0 Å². The molecule has 1 aromatic heterocycles. The van der Waals surface area contributed by atoms with Crippen LogP contribution in [0, 0.1) is 0 Å². The fourth-order valence-electron chi connectivity index (χ4n) is 2.54. The van der Waals surface area contributed by atoms with E-state index in [1.165, 1.54) is 19.3 Å². The van der Waals surface area contributed by atoms with Crippen LogP contribution in [0.4, 0.5) is 0 Å². The zero-order valence-corrected chi connectivity index (χ0v) is 9.19. The molecule has 4 nitrogen and oxygen atoms in total. The van der Waals surface area contributed by atoms with Crippen LogP contribution in [-0.2, 0) is 7.05 Å². The molecule has 3 rings (SSSR count). The Morgan fingerprint density at radius 2 is 1.93 bits per heavy atom. The first-order valence-electron chi connectivity index (χ1n) is 5.90. The molecule has 82 valence electrons. The summed E-state index contributed by atoms with van der Waals surface area (Å²) >= 11 is 0. The second-order valence-electron chi connectivity index (χ2n) is 5.00. The quantitative estimate of drug-likeness (QED) is 0.793. The van der Waals surface area contributed by atoms with Crippen molar-refractivity contribution in [3.63, 3.8) is 0 Å². The zero-order valence-electron chi connectivity index (χ0n) is 9.19. The minimum absolute atomic E-state index is 0.371. The van der Waals surface area contributed by atoms with Crippen LogP contribution < -0.4 is 5.73 Å². The second kappa shape index (κ2) is 3.30. The third-order valence-corrected chi connectivity index (χ3v) is 3.59. The SMILES string of the molecule is Cn1nc(C2CC2)nc1C1CCC(N)C1. The number of nitrogens with zero attached hydrogens (tertiary/aromatic N) is 3. The van der Waals surface area contributed by atoms with Gasteiger partial charge in [0, 0.05) is 24.9 Å². The maximum absolute atomic E-state index is 5.93. The number of aryl methyl sites for hydroxylation is 1. The third kappa shape index (κ3) is 1.67. The molecule has 2 atom stereocenters. The van der Waals surface area contributed by atoms with Crippen molar-refractivity contribution < 1.29 is 0 Å². The van der Waals surface area contributed by atoms with Crippen molar-refractivity contribution in [2.45, 2.75) is 50.0 Å². The van der Waals surface area contributed by atoms with E-state index in [0.29, 0.717) is 17.9 Å². The van der Waals surface area contributed by atoms with E-state index in [-0.39, 0.29) is 0 Å². The van der Waals surface area contributed by atoms with Crippen molar-refractivity contribution in [1.82, 2.24) is 14.8 Å². The molecule has 0 aromatic carbocycles. The van der Waals surface area contributed by atoms with Crippen LogP contribution in [0.3, 0.4) is 0 Å². The summed E-state index contributed by atoms with van der Waals surface area (Å²) in [6.45, 7) is 0. The summed E-state index contributed by atoms with van der Waals surface area (Å²) in [6, 6.07) is 0.371. The predicted molar refractivity (Wildman–Crippen MR) is 57.5 cm³/mol. The highest BCUT2D eigenvalue weighted by molar-refractivity contribution is 5.10. The van der Waals surface area contributed by atoms with Gasteiger partial charge in [-0.15, -0.1) is 0 Å². The molecule has 0 spiro atoms.